The van der Waals surface area contributed by atoms with E-state index in [1.807, 2.05) is 0 Å². The minimum atomic E-state index is -4.50. The van der Waals surface area contributed by atoms with Crippen molar-refractivity contribution in [3.8, 4) is 6.07 Å². The fourth-order valence-corrected chi connectivity index (χ4v) is 1.71. The molecular weight excluding hydrogens is 311 g/mol. The summed E-state index contributed by atoms with van der Waals surface area (Å²) >= 11 is 0. The second kappa shape index (κ2) is 7.54. The summed E-state index contributed by atoms with van der Waals surface area (Å²) in [6, 6.07) is 4.81. The Morgan fingerprint density at radius 2 is 2.09 bits per heavy atom. The molecule has 1 N–H and O–H groups in total. The van der Waals surface area contributed by atoms with Gasteiger partial charge in [-0.3, -0.25) is 0 Å². The maximum Gasteiger partial charge on any atom is 0.416 e. The molecule has 0 unspecified atom stereocenters. The van der Waals surface area contributed by atoms with Gasteiger partial charge in [-0.1, -0.05) is 0 Å². The topological polar surface area (TPSA) is 65.4 Å². The molecular formula is C15H16F3N3O2. The highest BCUT2D eigenvalue weighted by atomic mass is 19.4. The van der Waals surface area contributed by atoms with Crippen molar-refractivity contribution in [3.05, 3.63) is 35.5 Å². The molecule has 1 aromatic rings. The second-order valence-corrected chi connectivity index (χ2v) is 4.66. The number of carbonyl (C=O) groups is 1. The Balaban J connectivity index is 3.19. The van der Waals surface area contributed by atoms with E-state index < -0.39 is 17.7 Å². The van der Waals surface area contributed by atoms with Gasteiger partial charge in [0, 0.05) is 20.3 Å². The van der Waals surface area contributed by atoms with Gasteiger partial charge in [-0.25, -0.2) is 4.79 Å². The SMILES string of the molecule is CCOC(=O)/C(C#N)=C/Nc1cc(C(F)(F)F)ccc1N(C)C. The molecule has 0 saturated carbocycles. The van der Waals surface area contributed by atoms with E-state index in [4.69, 9.17) is 5.26 Å². The van der Waals surface area contributed by atoms with Crippen molar-refractivity contribution in [1.29, 1.82) is 5.26 Å². The Kier molecular flexibility index (Phi) is 6.02. The van der Waals surface area contributed by atoms with Crippen LogP contribution in [0.1, 0.15) is 12.5 Å². The predicted molar refractivity (Wildman–Crippen MR) is 79.7 cm³/mol. The first-order valence-corrected chi connectivity index (χ1v) is 6.63. The molecule has 0 amide bonds. The smallest absolute Gasteiger partial charge is 0.416 e. The number of nitriles is 1. The number of anilines is 2. The molecule has 124 valence electrons. The van der Waals surface area contributed by atoms with Gasteiger partial charge < -0.3 is 15.0 Å². The fourth-order valence-electron chi connectivity index (χ4n) is 1.71. The molecule has 5 nitrogen and oxygen atoms in total. The van der Waals surface area contributed by atoms with E-state index in [9.17, 15) is 18.0 Å². The maximum atomic E-state index is 12.8. The first-order chi connectivity index (χ1) is 10.7. The quantitative estimate of drug-likeness (QED) is 0.511. The lowest BCUT2D eigenvalue weighted by Gasteiger charge is -2.19. The third kappa shape index (κ3) is 4.92. The molecule has 23 heavy (non-hydrogen) atoms. The maximum absolute atomic E-state index is 12.8. The summed E-state index contributed by atoms with van der Waals surface area (Å²) in [6.07, 6.45) is -3.47. The summed E-state index contributed by atoms with van der Waals surface area (Å²) < 4.78 is 43.1. The highest BCUT2D eigenvalue weighted by Gasteiger charge is 2.31. The first kappa shape index (κ1) is 18.4. The van der Waals surface area contributed by atoms with Crippen LogP contribution in [-0.4, -0.2) is 26.7 Å². The largest absolute Gasteiger partial charge is 0.462 e. The highest BCUT2D eigenvalue weighted by Crippen LogP contribution is 2.34. The predicted octanol–water partition coefficient (Wildman–Crippen LogP) is 3.15. The average molecular weight is 327 g/mol. The Hall–Kier alpha value is -2.69. The number of hydrogen-bond donors (Lipinski definition) is 1. The van der Waals surface area contributed by atoms with Crippen LogP contribution in [0.4, 0.5) is 24.5 Å². The molecule has 0 aliphatic carbocycles. The van der Waals surface area contributed by atoms with E-state index in [2.05, 4.69) is 10.1 Å². The molecule has 0 atom stereocenters. The van der Waals surface area contributed by atoms with Gasteiger partial charge in [0.25, 0.3) is 0 Å². The van der Waals surface area contributed by atoms with Crippen molar-refractivity contribution < 1.29 is 22.7 Å². The second-order valence-electron chi connectivity index (χ2n) is 4.66. The fraction of sp³-hybridized carbons (Fsp3) is 0.333. The van der Waals surface area contributed by atoms with Gasteiger partial charge in [-0.05, 0) is 25.1 Å². The molecule has 0 aliphatic rings. The molecule has 0 spiro atoms. The zero-order chi connectivity index (χ0) is 17.6. The monoisotopic (exact) mass is 327 g/mol. The number of esters is 1. The van der Waals surface area contributed by atoms with Crippen molar-refractivity contribution in [2.75, 3.05) is 30.9 Å². The summed E-state index contributed by atoms with van der Waals surface area (Å²) in [5, 5.41) is 11.5. The van der Waals surface area contributed by atoms with Crippen LogP contribution in [0.2, 0.25) is 0 Å². The number of hydrogen-bond acceptors (Lipinski definition) is 5. The number of nitrogens with zero attached hydrogens (tertiary/aromatic N) is 2. The molecule has 0 bridgehead atoms. The van der Waals surface area contributed by atoms with Crippen molar-refractivity contribution in [2.45, 2.75) is 13.1 Å². The number of ether oxygens (including phenoxy) is 1. The average Bonchev–Trinajstić information content (AvgIpc) is 2.46. The van der Waals surface area contributed by atoms with Gasteiger partial charge in [-0.15, -0.1) is 0 Å². The van der Waals surface area contributed by atoms with Crippen LogP contribution in [0, 0.1) is 11.3 Å². The van der Waals surface area contributed by atoms with Gasteiger partial charge in [0.1, 0.15) is 6.07 Å². The number of carbonyl (C=O) groups excluding carboxylic acids is 1. The lowest BCUT2D eigenvalue weighted by molar-refractivity contribution is -0.138. The van der Waals surface area contributed by atoms with Gasteiger partial charge in [0.05, 0.1) is 23.5 Å². The van der Waals surface area contributed by atoms with Gasteiger partial charge in [0.15, 0.2) is 5.57 Å². The summed E-state index contributed by atoms with van der Waals surface area (Å²) in [5.41, 5.74) is -0.597. The first-order valence-electron chi connectivity index (χ1n) is 6.63. The number of nitrogens with one attached hydrogen (secondary N) is 1. The summed E-state index contributed by atoms with van der Waals surface area (Å²) in [5.74, 6) is -0.846. The standard InChI is InChI=1S/C15H16F3N3O2/c1-4-23-14(22)10(8-19)9-20-12-7-11(15(16,17)18)5-6-13(12)21(2)3/h5-7,9,20H,4H2,1-3H3/b10-9+. The summed E-state index contributed by atoms with van der Waals surface area (Å²) in [6.45, 7) is 1.67. The van der Waals surface area contributed by atoms with Crippen LogP contribution < -0.4 is 10.2 Å². The van der Waals surface area contributed by atoms with Crippen LogP contribution in [0.5, 0.6) is 0 Å². The van der Waals surface area contributed by atoms with E-state index >= 15 is 0 Å². The normalized spacial score (nSPS) is 11.6. The molecule has 0 heterocycles. The van der Waals surface area contributed by atoms with E-state index in [1.165, 1.54) is 6.07 Å². The van der Waals surface area contributed by atoms with Crippen LogP contribution in [-0.2, 0) is 15.7 Å². The summed E-state index contributed by atoms with van der Waals surface area (Å²) in [4.78, 5) is 13.1. The molecule has 0 fully saturated rings. The van der Waals surface area contributed by atoms with Crippen molar-refractivity contribution >= 4 is 17.3 Å². The number of alkyl halides is 3. The molecule has 0 saturated heterocycles. The number of benzene rings is 1. The van der Waals surface area contributed by atoms with E-state index in [0.29, 0.717) is 5.69 Å². The van der Waals surface area contributed by atoms with Crippen LogP contribution in [0.25, 0.3) is 0 Å². The summed E-state index contributed by atoms with van der Waals surface area (Å²) in [7, 11) is 3.32. The zero-order valence-corrected chi connectivity index (χ0v) is 12.9. The van der Waals surface area contributed by atoms with E-state index in [0.717, 1.165) is 18.3 Å². The van der Waals surface area contributed by atoms with Crippen molar-refractivity contribution in [1.82, 2.24) is 0 Å². The molecule has 0 aliphatic heterocycles. The highest BCUT2D eigenvalue weighted by molar-refractivity contribution is 5.93. The Morgan fingerprint density at radius 3 is 2.57 bits per heavy atom. The Morgan fingerprint density at radius 1 is 1.43 bits per heavy atom. The third-order valence-electron chi connectivity index (χ3n) is 2.79. The van der Waals surface area contributed by atoms with Gasteiger partial charge >= 0.3 is 12.1 Å². The molecule has 1 rings (SSSR count). The lowest BCUT2D eigenvalue weighted by atomic mass is 10.1. The minimum Gasteiger partial charge on any atom is -0.462 e. The molecule has 0 aromatic heterocycles. The Bertz CT molecular complexity index is 646. The Labute approximate surface area is 132 Å². The number of halogens is 3. The zero-order valence-electron chi connectivity index (χ0n) is 12.9. The molecule has 8 heteroatoms. The molecule has 1 aromatic carbocycles. The number of rotatable bonds is 5. The van der Waals surface area contributed by atoms with Gasteiger partial charge in [0.2, 0.25) is 0 Å². The van der Waals surface area contributed by atoms with Crippen LogP contribution in [0.15, 0.2) is 30.0 Å². The van der Waals surface area contributed by atoms with E-state index in [-0.39, 0.29) is 17.9 Å². The van der Waals surface area contributed by atoms with Crippen molar-refractivity contribution in [3.63, 3.8) is 0 Å². The van der Waals surface area contributed by atoms with E-state index in [1.54, 1.807) is 32.0 Å². The minimum absolute atomic E-state index is 0.0877. The van der Waals surface area contributed by atoms with Crippen molar-refractivity contribution in [2.24, 2.45) is 0 Å². The van der Waals surface area contributed by atoms with Crippen LogP contribution >= 0.6 is 0 Å². The van der Waals surface area contributed by atoms with Crippen LogP contribution in [0.3, 0.4) is 0 Å². The lowest BCUT2D eigenvalue weighted by Crippen LogP contribution is -2.14. The third-order valence-corrected chi connectivity index (χ3v) is 2.79. The van der Waals surface area contributed by atoms with Gasteiger partial charge in [-0.2, -0.15) is 18.4 Å². The molecule has 0 radical (unpaired) electrons.